The summed E-state index contributed by atoms with van der Waals surface area (Å²) in [5.41, 5.74) is 1.61. The summed E-state index contributed by atoms with van der Waals surface area (Å²) in [5, 5.41) is 3.60. The lowest BCUT2D eigenvalue weighted by molar-refractivity contribution is -0.116. The quantitative estimate of drug-likeness (QED) is 0.509. The Morgan fingerprint density at radius 3 is 2.55 bits per heavy atom. The summed E-state index contributed by atoms with van der Waals surface area (Å²) in [5.74, 6) is 1.41. The number of nitrogens with one attached hydrogen (secondary N) is 1. The number of hydrogen-bond donors (Lipinski definition) is 1. The van der Waals surface area contributed by atoms with Crippen LogP contribution in [-0.2, 0) is 11.3 Å². The maximum atomic E-state index is 13.0. The zero-order valence-corrected chi connectivity index (χ0v) is 18.0. The third kappa shape index (κ3) is 4.10. The number of hydrogen-bond acceptors (Lipinski definition) is 6. The third-order valence-corrected chi connectivity index (χ3v) is 5.46. The van der Waals surface area contributed by atoms with E-state index in [-0.39, 0.29) is 12.5 Å². The van der Waals surface area contributed by atoms with E-state index in [2.05, 4.69) is 10.3 Å². The van der Waals surface area contributed by atoms with Crippen LogP contribution in [0.1, 0.15) is 0 Å². The molecule has 0 atom stereocenters. The maximum absolute atomic E-state index is 13.0. The molecular weight excluding hydrogens is 420 g/mol. The Morgan fingerprint density at radius 1 is 1.00 bits per heavy atom. The summed E-state index contributed by atoms with van der Waals surface area (Å²) < 4.78 is 12.5. The van der Waals surface area contributed by atoms with Crippen molar-refractivity contribution in [2.24, 2.45) is 0 Å². The van der Waals surface area contributed by atoms with Crippen LogP contribution in [0, 0.1) is 0 Å². The fourth-order valence-corrected chi connectivity index (χ4v) is 3.86. The highest BCUT2D eigenvalue weighted by atomic mass is 16.6. The third-order valence-electron chi connectivity index (χ3n) is 5.46. The van der Waals surface area contributed by atoms with Gasteiger partial charge >= 0.3 is 5.69 Å². The van der Waals surface area contributed by atoms with Crippen molar-refractivity contribution in [1.82, 2.24) is 9.55 Å². The molecule has 5 rings (SSSR count). The average Bonchev–Trinajstić information content (AvgIpc) is 2.85. The maximum Gasteiger partial charge on any atom is 0.350 e. The van der Waals surface area contributed by atoms with Gasteiger partial charge in [-0.3, -0.25) is 9.36 Å². The zero-order chi connectivity index (χ0) is 22.8. The number of benzene rings is 3. The number of aromatic nitrogens is 2. The molecule has 0 unspecified atom stereocenters. The number of carbonyl (C=O) groups excluding carboxylic acids is 1. The SMILES string of the molecule is CN(c1ccccc1)c1nc(=O)n(CC(=O)Nc2ccc3c(c2)OCCO3)c2ccccc12. The highest BCUT2D eigenvalue weighted by molar-refractivity contribution is 5.94. The summed E-state index contributed by atoms with van der Waals surface area (Å²) >= 11 is 0. The van der Waals surface area contributed by atoms with E-state index in [1.807, 2.05) is 66.5 Å². The normalized spacial score (nSPS) is 12.4. The molecule has 1 aliphatic heterocycles. The van der Waals surface area contributed by atoms with Crippen molar-refractivity contribution in [3.63, 3.8) is 0 Å². The van der Waals surface area contributed by atoms with Gasteiger partial charge in [0.15, 0.2) is 11.5 Å². The van der Waals surface area contributed by atoms with Crippen LogP contribution in [-0.4, -0.2) is 35.7 Å². The molecule has 1 N–H and O–H groups in total. The summed E-state index contributed by atoms with van der Waals surface area (Å²) in [6, 6.07) is 22.3. The Balaban J connectivity index is 1.45. The van der Waals surface area contributed by atoms with E-state index in [0.29, 0.717) is 41.7 Å². The minimum atomic E-state index is -0.496. The fourth-order valence-electron chi connectivity index (χ4n) is 3.86. The predicted molar refractivity (Wildman–Crippen MR) is 127 cm³/mol. The molecule has 0 bridgehead atoms. The second kappa shape index (κ2) is 8.66. The van der Waals surface area contributed by atoms with Crippen LogP contribution in [0.3, 0.4) is 0 Å². The molecule has 166 valence electrons. The predicted octanol–water partition coefficient (Wildman–Crippen LogP) is 3.57. The van der Waals surface area contributed by atoms with Gasteiger partial charge in [-0.05, 0) is 36.4 Å². The summed E-state index contributed by atoms with van der Waals surface area (Å²) in [6.07, 6.45) is 0. The monoisotopic (exact) mass is 442 g/mol. The van der Waals surface area contributed by atoms with Crippen molar-refractivity contribution < 1.29 is 14.3 Å². The number of carbonyl (C=O) groups is 1. The number of anilines is 3. The van der Waals surface area contributed by atoms with Crippen LogP contribution in [0.25, 0.3) is 10.9 Å². The van der Waals surface area contributed by atoms with E-state index >= 15 is 0 Å². The number of ether oxygens (including phenoxy) is 2. The number of rotatable bonds is 5. The van der Waals surface area contributed by atoms with Crippen molar-refractivity contribution in [2.75, 3.05) is 30.5 Å². The van der Waals surface area contributed by atoms with Gasteiger partial charge in [0.2, 0.25) is 5.91 Å². The van der Waals surface area contributed by atoms with Crippen molar-refractivity contribution in [3.05, 3.63) is 83.3 Å². The highest BCUT2D eigenvalue weighted by Crippen LogP contribution is 2.32. The van der Waals surface area contributed by atoms with Gasteiger partial charge in [0.25, 0.3) is 0 Å². The van der Waals surface area contributed by atoms with E-state index in [9.17, 15) is 9.59 Å². The van der Waals surface area contributed by atoms with E-state index in [1.54, 1.807) is 18.2 Å². The van der Waals surface area contributed by atoms with Crippen molar-refractivity contribution in [1.29, 1.82) is 0 Å². The number of amides is 1. The molecule has 33 heavy (non-hydrogen) atoms. The molecule has 0 saturated heterocycles. The molecule has 0 aliphatic carbocycles. The lowest BCUT2D eigenvalue weighted by atomic mass is 10.2. The van der Waals surface area contributed by atoms with Gasteiger partial charge < -0.3 is 19.7 Å². The second-order valence-electron chi connectivity index (χ2n) is 7.62. The topological polar surface area (TPSA) is 85.7 Å². The number of nitrogens with zero attached hydrogens (tertiary/aromatic N) is 3. The largest absolute Gasteiger partial charge is 0.486 e. The zero-order valence-electron chi connectivity index (χ0n) is 18.0. The van der Waals surface area contributed by atoms with E-state index < -0.39 is 5.69 Å². The first-order valence-corrected chi connectivity index (χ1v) is 10.6. The van der Waals surface area contributed by atoms with Crippen LogP contribution >= 0.6 is 0 Å². The minimum absolute atomic E-state index is 0.171. The molecule has 2 heterocycles. The molecule has 8 heteroatoms. The molecule has 3 aromatic carbocycles. The molecular formula is C25H22N4O4. The van der Waals surface area contributed by atoms with Crippen LogP contribution in [0.2, 0.25) is 0 Å². The van der Waals surface area contributed by atoms with Crippen LogP contribution < -0.4 is 25.4 Å². The molecule has 1 aliphatic rings. The van der Waals surface area contributed by atoms with Gasteiger partial charge in [0.1, 0.15) is 25.6 Å². The fraction of sp³-hybridized carbons (Fsp3) is 0.160. The molecule has 0 saturated carbocycles. The van der Waals surface area contributed by atoms with Crippen molar-refractivity contribution in [3.8, 4) is 11.5 Å². The average molecular weight is 442 g/mol. The van der Waals surface area contributed by atoms with Gasteiger partial charge in [-0.25, -0.2) is 4.79 Å². The van der Waals surface area contributed by atoms with E-state index in [0.717, 1.165) is 11.1 Å². The number of para-hydroxylation sites is 2. The highest BCUT2D eigenvalue weighted by Gasteiger charge is 2.17. The van der Waals surface area contributed by atoms with Gasteiger partial charge in [0, 0.05) is 29.9 Å². The molecule has 8 nitrogen and oxygen atoms in total. The summed E-state index contributed by atoms with van der Waals surface area (Å²) in [6.45, 7) is 0.786. The lowest BCUT2D eigenvalue weighted by Gasteiger charge is -2.21. The first kappa shape index (κ1) is 20.6. The second-order valence-corrected chi connectivity index (χ2v) is 7.62. The Bertz CT molecular complexity index is 1380. The summed E-state index contributed by atoms with van der Waals surface area (Å²) in [7, 11) is 1.86. The van der Waals surface area contributed by atoms with E-state index in [1.165, 1.54) is 4.57 Å². The van der Waals surface area contributed by atoms with Gasteiger partial charge in [-0.1, -0.05) is 30.3 Å². The molecule has 1 amide bonds. The minimum Gasteiger partial charge on any atom is -0.486 e. The van der Waals surface area contributed by atoms with Crippen LogP contribution in [0.4, 0.5) is 17.2 Å². The Kier molecular flexibility index (Phi) is 5.40. The first-order valence-electron chi connectivity index (χ1n) is 10.6. The lowest BCUT2D eigenvalue weighted by Crippen LogP contribution is -2.31. The Morgan fingerprint density at radius 2 is 1.73 bits per heavy atom. The Hall–Kier alpha value is -4.33. The van der Waals surface area contributed by atoms with E-state index in [4.69, 9.17) is 9.47 Å². The Labute approximate surface area is 190 Å². The van der Waals surface area contributed by atoms with Crippen molar-refractivity contribution >= 4 is 34.0 Å². The summed E-state index contributed by atoms with van der Waals surface area (Å²) in [4.78, 5) is 32.0. The molecule has 0 fully saturated rings. The van der Waals surface area contributed by atoms with Crippen molar-refractivity contribution in [2.45, 2.75) is 6.54 Å². The standard InChI is InChI=1S/C25H22N4O4/c1-28(18-7-3-2-4-8-18)24-19-9-5-6-10-20(19)29(25(31)27-24)16-23(30)26-17-11-12-21-22(15-17)33-14-13-32-21/h2-12,15H,13-14,16H2,1H3,(H,26,30). The van der Waals surface area contributed by atoms with Gasteiger partial charge in [0.05, 0.1) is 5.52 Å². The molecule has 0 spiro atoms. The first-order chi connectivity index (χ1) is 16.1. The molecule has 1 aromatic heterocycles. The van der Waals surface area contributed by atoms with Gasteiger partial charge in [-0.2, -0.15) is 4.98 Å². The number of fused-ring (bicyclic) bond motifs is 2. The van der Waals surface area contributed by atoms with Crippen LogP contribution in [0.5, 0.6) is 11.5 Å². The van der Waals surface area contributed by atoms with Crippen LogP contribution in [0.15, 0.2) is 77.6 Å². The smallest absolute Gasteiger partial charge is 0.350 e. The molecule has 0 radical (unpaired) electrons. The molecule has 4 aromatic rings. The van der Waals surface area contributed by atoms with Gasteiger partial charge in [-0.15, -0.1) is 0 Å².